The first-order valence-electron chi connectivity index (χ1n) is 3.69. The summed E-state index contributed by atoms with van der Waals surface area (Å²) in [5.74, 6) is 0. The lowest BCUT2D eigenvalue weighted by Gasteiger charge is -2.12. The Morgan fingerprint density at radius 2 is 2.20 bits per heavy atom. The van der Waals surface area contributed by atoms with E-state index in [1.165, 1.54) is 11.1 Å². The number of hydrogen-bond acceptors (Lipinski definition) is 0. The van der Waals surface area contributed by atoms with Crippen LogP contribution < -0.4 is 0 Å². The summed E-state index contributed by atoms with van der Waals surface area (Å²) in [6.07, 6.45) is 15.4. The van der Waals surface area contributed by atoms with E-state index in [2.05, 4.69) is 36.5 Å². The first-order valence-corrected chi connectivity index (χ1v) is 3.69. The molecule has 0 aliphatic heterocycles. The van der Waals surface area contributed by atoms with E-state index in [0.717, 1.165) is 12.8 Å². The predicted molar refractivity (Wildman–Crippen MR) is 43.7 cm³/mol. The first kappa shape index (κ1) is 5.72. The summed E-state index contributed by atoms with van der Waals surface area (Å²) in [6.45, 7) is 0. The Morgan fingerprint density at radius 1 is 1.20 bits per heavy atom. The lowest BCUT2D eigenvalue weighted by Crippen LogP contribution is -1.92. The van der Waals surface area contributed by atoms with Crippen LogP contribution in [0, 0.1) is 0 Å². The van der Waals surface area contributed by atoms with E-state index in [9.17, 15) is 0 Å². The highest BCUT2D eigenvalue weighted by atomic mass is 14.1. The lowest BCUT2D eigenvalue weighted by molar-refractivity contribution is 1.15. The molecule has 0 bridgehead atoms. The van der Waals surface area contributed by atoms with Gasteiger partial charge in [0.2, 0.25) is 0 Å². The molecular formula is C10H10. The fourth-order valence-corrected chi connectivity index (χ4v) is 1.36. The zero-order chi connectivity index (χ0) is 6.81. The van der Waals surface area contributed by atoms with Gasteiger partial charge in [0.1, 0.15) is 0 Å². The molecule has 0 amide bonds. The monoisotopic (exact) mass is 130 g/mol. The van der Waals surface area contributed by atoms with Crippen LogP contribution in [0.2, 0.25) is 0 Å². The molecule has 0 fully saturated rings. The molecule has 50 valence electrons. The molecule has 0 nitrogen and oxygen atoms in total. The molecule has 0 heterocycles. The second kappa shape index (κ2) is 2.30. The van der Waals surface area contributed by atoms with Crippen LogP contribution in [0.4, 0.5) is 0 Å². The third-order valence-electron chi connectivity index (χ3n) is 1.92. The molecule has 0 spiro atoms. The van der Waals surface area contributed by atoms with E-state index >= 15 is 0 Å². The molecular weight excluding hydrogens is 120 g/mol. The third-order valence-corrected chi connectivity index (χ3v) is 1.92. The van der Waals surface area contributed by atoms with Gasteiger partial charge in [0.05, 0.1) is 0 Å². The van der Waals surface area contributed by atoms with Crippen molar-refractivity contribution in [2.45, 2.75) is 12.8 Å². The first-order chi connectivity index (χ1) is 4.97. The Balaban J connectivity index is 2.39. The molecule has 0 aromatic heterocycles. The smallest absolute Gasteiger partial charge is 0.00914 e. The van der Waals surface area contributed by atoms with Gasteiger partial charge in [-0.3, -0.25) is 0 Å². The van der Waals surface area contributed by atoms with Gasteiger partial charge in [0.25, 0.3) is 0 Å². The Labute approximate surface area is 61.3 Å². The number of fused-ring (bicyclic) bond motifs is 1. The topological polar surface area (TPSA) is 0 Å². The molecule has 0 atom stereocenters. The van der Waals surface area contributed by atoms with Gasteiger partial charge in [0.15, 0.2) is 0 Å². The molecule has 0 aromatic rings. The van der Waals surface area contributed by atoms with Crippen LogP contribution in [0.1, 0.15) is 12.8 Å². The van der Waals surface area contributed by atoms with Crippen LogP contribution >= 0.6 is 0 Å². The second-order valence-electron chi connectivity index (χ2n) is 2.62. The Hall–Kier alpha value is -1.04. The van der Waals surface area contributed by atoms with E-state index in [1.54, 1.807) is 0 Å². The van der Waals surface area contributed by atoms with Gasteiger partial charge in [0, 0.05) is 0 Å². The zero-order valence-electron chi connectivity index (χ0n) is 5.88. The third kappa shape index (κ3) is 0.860. The quantitative estimate of drug-likeness (QED) is 0.473. The van der Waals surface area contributed by atoms with Crippen molar-refractivity contribution in [2.24, 2.45) is 0 Å². The van der Waals surface area contributed by atoms with Gasteiger partial charge in [-0.05, 0) is 24.0 Å². The number of rotatable bonds is 0. The molecule has 2 aliphatic rings. The van der Waals surface area contributed by atoms with Crippen molar-refractivity contribution in [3.8, 4) is 0 Å². The van der Waals surface area contributed by atoms with Crippen molar-refractivity contribution < 1.29 is 0 Å². The fraction of sp³-hybridized carbons (Fsp3) is 0.200. The summed E-state index contributed by atoms with van der Waals surface area (Å²) in [4.78, 5) is 0. The summed E-state index contributed by atoms with van der Waals surface area (Å²) < 4.78 is 0. The molecule has 0 heteroatoms. The predicted octanol–water partition coefficient (Wildman–Crippen LogP) is 2.76. The van der Waals surface area contributed by atoms with E-state index in [4.69, 9.17) is 0 Å². The van der Waals surface area contributed by atoms with Crippen molar-refractivity contribution in [3.63, 3.8) is 0 Å². The molecule has 2 aliphatic carbocycles. The van der Waals surface area contributed by atoms with Crippen molar-refractivity contribution in [1.82, 2.24) is 0 Å². The summed E-state index contributed by atoms with van der Waals surface area (Å²) in [5.41, 5.74) is 2.89. The van der Waals surface area contributed by atoms with Crippen LogP contribution in [-0.2, 0) is 0 Å². The van der Waals surface area contributed by atoms with E-state index < -0.39 is 0 Å². The van der Waals surface area contributed by atoms with Crippen LogP contribution in [0.5, 0.6) is 0 Å². The normalized spacial score (nSPS) is 21.6. The average molecular weight is 130 g/mol. The minimum absolute atomic E-state index is 1.11. The largest absolute Gasteiger partial charge is 0.0801 e. The molecule has 0 unspecified atom stereocenters. The summed E-state index contributed by atoms with van der Waals surface area (Å²) in [6, 6.07) is 0. The Kier molecular flexibility index (Phi) is 1.31. The minimum atomic E-state index is 1.11. The molecule has 0 saturated carbocycles. The molecule has 0 saturated heterocycles. The number of hydrogen-bond donors (Lipinski definition) is 0. The standard InChI is InChI=1S/C10H10/c1-2-6-10-8-4-3-7-9(10)5-1/h1-3,5,7-8H,4,6H2. The Bertz CT molecular complexity index is 249. The zero-order valence-corrected chi connectivity index (χ0v) is 5.88. The van der Waals surface area contributed by atoms with Gasteiger partial charge >= 0.3 is 0 Å². The highest BCUT2D eigenvalue weighted by molar-refractivity contribution is 5.48. The summed E-state index contributed by atoms with van der Waals surface area (Å²) >= 11 is 0. The van der Waals surface area contributed by atoms with Crippen molar-refractivity contribution in [2.75, 3.05) is 0 Å². The van der Waals surface area contributed by atoms with E-state index in [-0.39, 0.29) is 0 Å². The molecule has 0 radical (unpaired) electrons. The van der Waals surface area contributed by atoms with Gasteiger partial charge in [-0.1, -0.05) is 36.5 Å². The molecule has 10 heavy (non-hydrogen) atoms. The van der Waals surface area contributed by atoms with Gasteiger partial charge < -0.3 is 0 Å². The van der Waals surface area contributed by atoms with Crippen molar-refractivity contribution >= 4 is 0 Å². The molecule has 2 rings (SSSR count). The summed E-state index contributed by atoms with van der Waals surface area (Å²) in [5, 5.41) is 0. The maximum Gasteiger partial charge on any atom is -0.00914 e. The fourth-order valence-electron chi connectivity index (χ4n) is 1.36. The highest BCUT2D eigenvalue weighted by Crippen LogP contribution is 2.24. The van der Waals surface area contributed by atoms with E-state index in [0.29, 0.717) is 0 Å². The van der Waals surface area contributed by atoms with Gasteiger partial charge in [-0.15, -0.1) is 0 Å². The van der Waals surface area contributed by atoms with Gasteiger partial charge in [-0.25, -0.2) is 0 Å². The van der Waals surface area contributed by atoms with Crippen LogP contribution in [0.3, 0.4) is 0 Å². The van der Waals surface area contributed by atoms with Gasteiger partial charge in [-0.2, -0.15) is 0 Å². The molecule has 0 N–H and O–H groups in total. The Morgan fingerprint density at radius 3 is 3.10 bits per heavy atom. The van der Waals surface area contributed by atoms with E-state index in [1.807, 2.05) is 0 Å². The maximum atomic E-state index is 2.30. The second-order valence-corrected chi connectivity index (χ2v) is 2.62. The number of allylic oxidation sites excluding steroid dienone is 8. The van der Waals surface area contributed by atoms with Crippen LogP contribution in [0.25, 0.3) is 0 Å². The van der Waals surface area contributed by atoms with Crippen LogP contribution in [-0.4, -0.2) is 0 Å². The lowest BCUT2D eigenvalue weighted by atomic mass is 9.93. The highest BCUT2D eigenvalue weighted by Gasteiger charge is 2.04. The van der Waals surface area contributed by atoms with Crippen LogP contribution in [0.15, 0.2) is 47.6 Å². The van der Waals surface area contributed by atoms with Crippen molar-refractivity contribution in [3.05, 3.63) is 47.6 Å². The maximum absolute atomic E-state index is 2.30. The SMILES string of the molecule is C1=CCC2=CCC=CC2=C1. The average Bonchev–Trinajstić information content (AvgIpc) is 2.05. The minimum Gasteiger partial charge on any atom is -0.0801 e. The van der Waals surface area contributed by atoms with Crippen molar-refractivity contribution in [1.29, 1.82) is 0 Å². The molecule has 0 aromatic carbocycles. The summed E-state index contributed by atoms with van der Waals surface area (Å²) in [7, 11) is 0.